The van der Waals surface area contributed by atoms with Gasteiger partial charge >= 0.3 is 0 Å². The zero-order valence-electron chi connectivity index (χ0n) is 9.59. The minimum absolute atomic E-state index is 1.30. The molecule has 0 saturated carbocycles. The molecule has 0 atom stereocenters. The Morgan fingerprint density at radius 3 is 2.13 bits per heavy atom. The molecule has 0 aliphatic heterocycles. The zero-order chi connectivity index (χ0) is 11.7. The fraction of sp³-hybridized carbons (Fsp3) is 0.357. The molecule has 0 amide bonds. The molecule has 1 heteroatoms. The lowest BCUT2D eigenvalue weighted by molar-refractivity contribution is -0.0979. The van der Waals surface area contributed by atoms with Crippen LogP contribution in [0.25, 0.3) is 0 Å². The van der Waals surface area contributed by atoms with E-state index in [9.17, 15) is 0 Å². The third kappa shape index (κ3) is 4.11. The first-order chi connectivity index (χ1) is 7.36. The largest absolute Gasteiger partial charge is 0.307 e. The van der Waals surface area contributed by atoms with E-state index in [2.05, 4.69) is 38.3 Å². The maximum atomic E-state index is 8.00. The molecule has 1 nitrogen and oxygen atoms in total. The average molecular weight is 204 g/mol. The van der Waals surface area contributed by atoms with Gasteiger partial charge < -0.3 is 4.79 Å². The van der Waals surface area contributed by atoms with Crippen LogP contribution < -0.4 is 0 Å². The lowest BCUT2D eigenvalue weighted by Gasteiger charge is -2.15. The van der Waals surface area contributed by atoms with Gasteiger partial charge in [0, 0.05) is 0 Å². The average Bonchev–Trinajstić information content (AvgIpc) is 2.34. The van der Waals surface area contributed by atoms with Gasteiger partial charge in [0.15, 0.2) is 0 Å². The van der Waals surface area contributed by atoms with Crippen molar-refractivity contribution in [1.29, 1.82) is 0 Å². The molecular formula is C14H20O. The van der Waals surface area contributed by atoms with Gasteiger partial charge in [-0.3, -0.25) is 0 Å². The van der Waals surface area contributed by atoms with Crippen molar-refractivity contribution in [2.75, 3.05) is 0 Å². The topological polar surface area (TPSA) is 17.1 Å². The van der Waals surface area contributed by atoms with Crippen LogP contribution >= 0.6 is 0 Å². The second-order valence-corrected chi connectivity index (χ2v) is 3.48. The molecular weight excluding hydrogens is 184 g/mol. The Kier molecular flexibility index (Phi) is 7.25. The van der Waals surface area contributed by atoms with Crippen molar-refractivity contribution in [1.82, 2.24) is 0 Å². The van der Waals surface area contributed by atoms with Gasteiger partial charge in [0.2, 0.25) is 0 Å². The highest BCUT2D eigenvalue weighted by Gasteiger charge is 2.07. The first-order valence-electron chi connectivity index (χ1n) is 5.23. The van der Waals surface area contributed by atoms with E-state index < -0.39 is 0 Å². The fourth-order valence-electron chi connectivity index (χ4n) is 1.86. The second-order valence-electron chi connectivity index (χ2n) is 3.48. The van der Waals surface area contributed by atoms with Gasteiger partial charge in [0.25, 0.3) is 0 Å². The Bertz CT molecular complexity index is 289. The van der Waals surface area contributed by atoms with Crippen molar-refractivity contribution in [2.24, 2.45) is 0 Å². The highest BCUT2D eigenvalue weighted by atomic mass is 16.1. The van der Waals surface area contributed by atoms with Crippen molar-refractivity contribution in [3.8, 4) is 0 Å². The minimum Gasteiger partial charge on any atom is -0.307 e. The summed E-state index contributed by atoms with van der Waals surface area (Å²) >= 11 is 0. The summed E-state index contributed by atoms with van der Waals surface area (Å²) in [5.41, 5.74) is 4.59. The number of fused-ring (bicyclic) bond motifs is 1. The van der Waals surface area contributed by atoms with E-state index in [4.69, 9.17) is 4.79 Å². The van der Waals surface area contributed by atoms with Crippen LogP contribution in [0.3, 0.4) is 0 Å². The van der Waals surface area contributed by atoms with Crippen LogP contribution in [-0.4, -0.2) is 6.79 Å². The van der Waals surface area contributed by atoms with Crippen LogP contribution in [0.15, 0.2) is 31.4 Å². The summed E-state index contributed by atoms with van der Waals surface area (Å²) in [4.78, 5) is 8.00. The molecule has 0 unspecified atom stereocenters. The summed E-state index contributed by atoms with van der Waals surface area (Å²) in [7, 11) is 0. The number of carbonyl (C=O) groups excluding carboxylic acids is 1. The van der Waals surface area contributed by atoms with Crippen molar-refractivity contribution in [2.45, 2.75) is 32.6 Å². The van der Waals surface area contributed by atoms with Crippen molar-refractivity contribution < 1.29 is 4.79 Å². The molecule has 1 aliphatic rings. The summed E-state index contributed by atoms with van der Waals surface area (Å²) in [6, 6.07) is 6.86. The van der Waals surface area contributed by atoms with E-state index in [1.165, 1.54) is 31.2 Å². The molecule has 1 aliphatic carbocycles. The summed E-state index contributed by atoms with van der Waals surface area (Å²) < 4.78 is 0. The van der Waals surface area contributed by atoms with Crippen molar-refractivity contribution >= 4 is 6.79 Å². The highest BCUT2D eigenvalue weighted by Crippen LogP contribution is 2.21. The predicted octanol–water partition coefficient (Wildman–Crippen LogP) is 3.49. The monoisotopic (exact) mass is 204 g/mol. The molecule has 0 saturated heterocycles. The first-order valence-corrected chi connectivity index (χ1v) is 5.23. The third-order valence-corrected chi connectivity index (χ3v) is 2.50. The number of rotatable bonds is 0. The number of hydrogen-bond donors (Lipinski definition) is 0. The number of hydrogen-bond acceptors (Lipinski definition) is 1. The maximum absolute atomic E-state index is 8.00. The second kappa shape index (κ2) is 7.98. The molecule has 82 valence electrons. The Morgan fingerprint density at radius 2 is 1.53 bits per heavy atom. The molecule has 0 N–H and O–H groups in total. The van der Waals surface area contributed by atoms with Gasteiger partial charge in [-0.25, -0.2) is 0 Å². The van der Waals surface area contributed by atoms with E-state index in [1.54, 1.807) is 11.1 Å². The number of benzene rings is 1. The molecule has 2 rings (SSSR count). The third-order valence-electron chi connectivity index (χ3n) is 2.50. The summed E-state index contributed by atoms with van der Waals surface area (Å²) in [5.74, 6) is 0. The molecule has 0 radical (unpaired) electrons. The van der Waals surface area contributed by atoms with Gasteiger partial charge in [0.05, 0.1) is 0 Å². The van der Waals surface area contributed by atoms with Gasteiger partial charge in [-0.15, -0.1) is 13.2 Å². The van der Waals surface area contributed by atoms with E-state index in [0.29, 0.717) is 0 Å². The first kappa shape index (κ1) is 13.6. The molecule has 0 fully saturated rings. The van der Waals surface area contributed by atoms with Crippen molar-refractivity contribution in [3.63, 3.8) is 0 Å². The summed E-state index contributed by atoms with van der Waals surface area (Å²) in [6.45, 7) is 10.2. The normalized spacial score (nSPS) is 12.3. The Hall–Kier alpha value is -1.37. The minimum atomic E-state index is 1.30. The molecule has 1 aromatic carbocycles. The molecule has 0 aromatic heterocycles. The lowest BCUT2D eigenvalue weighted by atomic mass is 9.91. The Labute approximate surface area is 92.8 Å². The maximum Gasteiger partial charge on any atom is 0.106 e. The number of carbonyl (C=O) groups is 1. The molecule has 0 bridgehead atoms. The molecule has 15 heavy (non-hydrogen) atoms. The molecule has 0 spiro atoms. The number of aryl methyl sites for hydroxylation is 3. The van der Waals surface area contributed by atoms with Crippen LogP contribution in [0.1, 0.15) is 29.5 Å². The van der Waals surface area contributed by atoms with E-state index >= 15 is 0 Å². The van der Waals surface area contributed by atoms with Gasteiger partial charge in [-0.2, -0.15) is 0 Å². The highest BCUT2D eigenvalue weighted by molar-refractivity contribution is 5.32. The van der Waals surface area contributed by atoms with Gasteiger partial charge in [-0.05, 0) is 43.7 Å². The molecule has 0 heterocycles. The molecule has 1 aromatic rings. The Morgan fingerprint density at radius 1 is 1.00 bits per heavy atom. The Balaban J connectivity index is 0.000000442. The van der Waals surface area contributed by atoms with Crippen LogP contribution in [0, 0.1) is 6.92 Å². The smallest absolute Gasteiger partial charge is 0.106 e. The van der Waals surface area contributed by atoms with Crippen molar-refractivity contribution in [3.05, 3.63) is 48.0 Å². The van der Waals surface area contributed by atoms with Crippen LogP contribution in [0.5, 0.6) is 0 Å². The van der Waals surface area contributed by atoms with Crippen LogP contribution in [0.4, 0.5) is 0 Å². The quantitative estimate of drug-likeness (QED) is 0.591. The van der Waals surface area contributed by atoms with E-state index in [-0.39, 0.29) is 0 Å². The lowest BCUT2D eigenvalue weighted by Crippen LogP contribution is -2.01. The van der Waals surface area contributed by atoms with Gasteiger partial charge in [0.1, 0.15) is 6.79 Å². The standard InChI is InChI=1S/C11H14.C2H4.CH2O/c1-9-6-7-10-4-2-3-5-11(10)8-9;2*1-2/h6-8H,2-5H2,1H3;1-2H2;1H2. The van der Waals surface area contributed by atoms with Crippen LogP contribution in [0.2, 0.25) is 0 Å². The fourth-order valence-corrected chi connectivity index (χ4v) is 1.86. The van der Waals surface area contributed by atoms with Crippen LogP contribution in [-0.2, 0) is 17.6 Å². The zero-order valence-corrected chi connectivity index (χ0v) is 9.59. The van der Waals surface area contributed by atoms with E-state index in [0.717, 1.165) is 0 Å². The summed E-state index contributed by atoms with van der Waals surface area (Å²) in [5, 5.41) is 0. The van der Waals surface area contributed by atoms with Gasteiger partial charge in [-0.1, -0.05) is 23.8 Å². The predicted molar refractivity (Wildman–Crippen MR) is 66.2 cm³/mol. The SMILES string of the molecule is C=C.C=O.Cc1ccc2c(c1)CCCC2. The van der Waals surface area contributed by atoms with E-state index in [1.807, 2.05) is 6.79 Å². The summed E-state index contributed by atoms with van der Waals surface area (Å²) in [6.07, 6.45) is 5.37.